The fraction of sp³-hybridized carbons (Fsp3) is 0.667. The number of aliphatic carboxylic acids is 2. The maximum absolute atomic E-state index is 10.1. The second-order valence-electron chi connectivity index (χ2n) is 2.22. The van der Waals surface area contributed by atoms with Crippen LogP contribution in [0, 0.1) is 0 Å². The van der Waals surface area contributed by atoms with Crippen molar-refractivity contribution in [3.05, 3.63) is 0 Å². The third-order valence-corrected chi connectivity index (χ3v) is 1.13. The van der Waals surface area contributed by atoms with Gasteiger partial charge in [0.25, 0.3) is 0 Å². The van der Waals surface area contributed by atoms with Gasteiger partial charge in [-0.15, -0.1) is 0 Å². The quantitative estimate of drug-likeness (QED) is 0.422. The average molecular weight is 201 g/mol. The first kappa shape index (κ1) is 15.3. The third kappa shape index (κ3) is 9.78. The van der Waals surface area contributed by atoms with Gasteiger partial charge in [0, 0.05) is 6.54 Å². The number of carboxylic acid groups (broad SMARTS) is 2. The van der Waals surface area contributed by atoms with E-state index < -0.39 is 11.9 Å². The van der Waals surface area contributed by atoms with Crippen LogP contribution in [0.3, 0.4) is 0 Å². The van der Waals surface area contributed by atoms with E-state index in [1.54, 1.807) is 0 Å². The molecule has 0 aliphatic rings. The number of aliphatic hydroxyl groups is 1. The van der Waals surface area contributed by atoms with Gasteiger partial charge >= 0.3 is 41.5 Å². The van der Waals surface area contributed by atoms with Crippen LogP contribution >= 0.6 is 0 Å². The molecule has 6 nitrogen and oxygen atoms in total. The van der Waals surface area contributed by atoms with E-state index in [1.807, 2.05) is 0 Å². The zero-order valence-electron chi connectivity index (χ0n) is 6.43. The van der Waals surface area contributed by atoms with Crippen LogP contribution in [0.1, 0.15) is 0 Å². The van der Waals surface area contributed by atoms with Gasteiger partial charge in [-0.2, -0.15) is 0 Å². The van der Waals surface area contributed by atoms with Gasteiger partial charge in [-0.1, -0.05) is 0 Å². The van der Waals surface area contributed by atoms with Crippen LogP contribution in [0.15, 0.2) is 0 Å². The van der Waals surface area contributed by atoms with Gasteiger partial charge in [-0.05, 0) is 0 Å². The second-order valence-corrected chi connectivity index (χ2v) is 2.22. The summed E-state index contributed by atoms with van der Waals surface area (Å²) in [6.07, 6.45) is 0. The van der Waals surface area contributed by atoms with Gasteiger partial charge in [0.15, 0.2) is 0 Å². The van der Waals surface area contributed by atoms with Crippen LogP contribution in [0.4, 0.5) is 0 Å². The predicted octanol–water partition coefficient (Wildman–Crippen LogP) is -2.20. The molecule has 0 aliphatic carbocycles. The normalized spacial score (nSPS) is 9.38. The summed E-state index contributed by atoms with van der Waals surface area (Å²) >= 11 is 0. The van der Waals surface area contributed by atoms with Gasteiger partial charge in [-0.3, -0.25) is 14.5 Å². The van der Waals surface area contributed by atoms with E-state index in [0.717, 1.165) is 4.90 Å². The summed E-state index contributed by atoms with van der Waals surface area (Å²) in [6, 6.07) is 0. The van der Waals surface area contributed by atoms with Crippen molar-refractivity contribution in [3.63, 3.8) is 0 Å². The van der Waals surface area contributed by atoms with Crippen LogP contribution in [-0.2, 0) is 9.59 Å². The Bertz CT molecular complexity index is 158. The van der Waals surface area contributed by atoms with E-state index in [4.69, 9.17) is 15.3 Å². The molecule has 0 aromatic rings. The molecule has 0 bridgehead atoms. The topological polar surface area (TPSA) is 98.1 Å². The standard InChI is InChI=1S/C6H11NO5.Na.H/c8-2-1-7(3-5(9)10)4-6(11)12;;/h8H,1-4H2,(H,9,10)(H,11,12);;. The molecule has 7 heteroatoms. The Morgan fingerprint density at radius 3 is 1.69 bits per heavy atom. The second kappa shape index (κ2) is 8.46. The molecule has 72 valence electrons. The Balaban J connectivity index is 0. The molecule has 0 atom stereocenters. The number of carbonyl (C=O) groups is 2. The van der Waals surface area contributed by atoms with Crippen LogP contribution in [-0.4, -0.2) is 88.0 Å². The molecule has 0 radical (unpaired) electrons. The zero-order valence-corrected chi connectivity index (χ0v) is 6.43. The summed E-state index contributed by atoms with van der Waals surface area (Å²) in [5.74, 6) is -2.21. The molecule has 13 heavy (non-hydrogen) atoms. The molecule has 0 fully saturated rings. The molecule has 0 saturated heterocycles. The number of carboxylic acids is 2. The monoisotopic (exact) mass is 201 g/mol. The summed E-state index contributed by atoms with van der Waals surface area (Å²) in [5.41, 5.74) is 0. The first-order chi connectivity index (χ1) is 5.56. The summed E-state index contributed by atoms with van der Waals surface area (Å²) in [4.78, 5) is 21.4. The summed E-state index contributed by atoms with van der Waals surface area (Å²) in [6.45, 7) is -0.932. The molecule has 0 amide bonds. The molecule has 0 aromatic carbocycles. The predicted molar refractivity (Wildman–Crippen MR) is 45.9 cm³/mol. The average Bonchev–Trinajstić information content (AvgIpc) is 1.84. The van der Waals surface area contributed by atoms with E-state index in [9.17, 15) is 9.59 Å². The zero-order chi connectivity index (χ0) is 9.56. The number of rotatable bonds is 6. The van der Waals surface area contributed by atoms with Crippen LogP contribution in [0.25, 0.3) is 0 Å². The van der Waals surface area contributed by atoms with E-state index in [1.165, 1.54) is 0 Å². The Morgan fingerprint density at radius 1 is 1.08 bits per heavy atom. The first-order valence-corrected chi connectivity index (χ1v) is 3.33. The van der Waals surface area contributed by atoms with Gasteiger partial charge in [-0.25, -0.2) is 0 Å². The molecular formula is C6H12NNaO5. The van der Waals surface area contributed by atoms with E-state index in [2.05, 4.69) is 0 Å². The van der Waals surface area contributed by atoms with Crippen LogP contribution in [0.2, 0.25) is 0 Å². The molecule has 0 unspecified atom stereocenters. The number of hydrogen-bond acceptors (Lipinski definition) is 4. The minimum absolute atomic E-state index is 0. The fourth-order valence-corrected chi connectivity index (χ4v) is 0.738. The van der Waals surface area contributed by atoms with Crippen molar-refractivity contribution in [2.45, 2.75) is 0 Å². The van der Waals surface area contributed by atoms with Gasteiger partial charge in [0.1, 0.15) is 0 Å². The van der Waals surface area contributed by atoms with E-state index >= 15 is 0 Å². The number of aliphatic hydroxyl groups excluding tert-OH is 1. The van der Waals surface area contributed by atoms with Gasteiger partial charge < -0.3 is 15.3 Å². The van der Waals surface area contributed by atoms with Gasteiger partial charge in [0.2, 0.25) is 0 Å². The van der Waals surface area contributed by atoms with Crippen molar-refractivity contribution in [3.8, 4) is 0 Å². The fourth-order valence-electron chi connectivity index (χ4n) is 0.738. The molecule has 0 spiro atoms. The van der Waals surface area contributed by atoms with Crippen molar-refractivity contribution in [1.82, 2.24) is 4.90 Å². The van der Waals surface area contributed by atoms with Gasteiger partial charge in [0.05, 0.1) is 19.7 Å². The molecule has 0 aromatic heterocycles. The number of hydrogen-bond donors (Lipinski definition) is 3. The third-order valence-electron chi connectivity index (χ3n) is 1.13. The first-order valence-electron chi connectivity index (χ1n) is 3.33. The van der Waals surface area contributed by atoms with Crippen molar-refractivity contribution in [1.29, 1.82) is 0 Å². The van der Waals surface area contributed by atoms with E-state index in [-0.39, 0.29) is 55.8 Å². The van der Waals surface area contributed by atoms with Crippen LogP contribution in [0.5, 0.6) is 0 Å². The SMILES string of the molecule is O=C(O)CN(CCO)CC(=O)O.[NaH]. The van der Waals surface area contributed by atoms with E-state index in [0.29, 0.717) is 0 Å². The maximum atomic E-state index is 10.1. The summed E-state index contributed by atoms with van der Waals surface area (Å²) in [7, 11) is 0. The molecule has 0 aliphatic heterocycles. The summed E-state index contributed by atoms with van der Waals surface area (Å²) in [5, 5.41) is 25.0. The Kier molecular flexibility index (Phi) is 9.98. The molecular weight excluding hydrogens is 189 g/mol. The Morgan fingerprint density at radius 2 is 1.46 bits per heavy atom. The molecule has 3 N–H and O–H groups in total. The number of nitrogens with zero attached hydrogens (tertiary/aromatic N) is 1. The molecule has 0 heterocycles. The van der Waals surface area contributed by atoms with Crippen LogP contribution < -0.4 is 0 Å². The Hall–Kier alpha value is -0.140. The summed E-state index contributed by atoms with van der Waals surface area (Å²) < 4.78 is 0. The minimum atomic E-state index is -1.11. The molecule has 0 saturated carbocycles. The molecule has 0 rings (SSSR count). The van der Waals surface area contributed by atoms with Crippen molar-refractivity contribution >= 4 is 41.5 Å². The Labute approximate surface area is 97.4 Å². The van der Waals surface area contributed by atoms with Crippen molar-refractivity contribution in [2.75, 3.05) is 26.2 Å². The van der Waals surface area contributed by atoms with Crippen molar-refractivity contribution in [2.24, 2.45) is 0 Å². The van der Waals surface area contributed by atoms with Crippen molar-refractivity contribution < 1.29 is 24.9 Å².